The third-order valence-corrected chi connectivity index (χ3v) is 4.84. The molecule has 3 rings (SSSR count). The average molecular weight is 383 g/mol. The van der Waals surface area contributed by atoms with Crippen molar-refractivity contribution in [3.05, 3.63) is 47.8 Å². The summed E-state index contributed by atoms with van der Waals surface area (Å²) in [5, 5.41) is 6.86. The number of hydrogen-bond acceptors (Lipinski definition) is 5. The highest BCUT2D eigenvalue weighted by Gasteiger charge is 2.24. The lowest BCUT2D eigenvalue weighted by molar-refractivity contribution is 0.394. The van der Waals surface area contributed by atoms with Crippen molar-refractivity contribution >= 4 is 11.6 Å². The number of rotatable bonds is 6. The second kappa shape index (κ2) is 9.30. The van der Waals surface area contributed by atoms with Crippen molar-refractivity contribution in [2.24, 2.45) is 4.99 Å². The largest absolute Gasteiger partial charge is 0.497 e. The molecule has 1 unspecified atom stereocenters. The molecule has 150 valence electrons. The number of nitrogens with zero attached hydrogens (tertiary/aromatic N) is 3. The third-order valence-electron chi connectivity index (χ3n) is 4.84. The van der Waals surface area contributed by atoms with E-state index in [1.54, 1.807) is 21.3 Å². The smallest absolute Gasteiger partial charge is 0.191 e. The Kier molecular flexibility index (Phi) is 6.57. The van der Waals surface area contributed by atoms with Gasteiger partial charge in [0.2, 0.25) is 0 Å². The van der Waals surface area contributed by atoms with E-state index < -0.39 is 0 Å². The Labute approximate surface area is 166 Å². The van der Waals surface area contributed by atoms with E-state index in [-0.39, 0.29) is 0 Å². The molecule has 2 aromatic rings. The van der Waals surface area contributed by atoms with E-state index >= 15 is 0 Å². The van der Waals surface area contributed by atoms with Gasteiger partial charge in [-0.25, -0.2) is 0 Å². The molecule has 0 amide bonds. The van der Waals surface area contributed by atoms with Gasteiger partial charge in [-0.3, -0.25) is 9.98 Å². The van der Waals surface area contributed by atoms with Crippen molar-refractivity contribution in [3.8, 4) is 11.5 Å². The lowest BCUT2D eigenvalue weighted by Gasteiger charge is -2.21. The monoisotopic (exact) mass is 383 g/mol. The van der Waals surface area contributed by atoms with Crippen molar-refractivity contribution in [2.45, 2.75) is 25.9 Å². The second-order valence-corrected chi connectivity index (χ2v) is 6.84. The van der Waals surface area contributed by atoms with Gasteiger partial charge in [0.1, 0.15) is 11.5 Å². The van der Waals surface area contributed by atoms with Crippen LogP contribution in [0.4, 0.5) is 5.69 Å². The minimum atomic E-state index is 0.314. The zero-order valence-corrected chi connectivity index (χ0v) is 17.0. The van der Waals surface area contributed by atoms with Gasteiger partial charge in [-0.15, -0.1) is 0 Å². The van der Waals surface area contributed by atoms with Gasteiger partial charge in [-0.2, -0.15) is 0 Å². The summed E-state index contributed by atoms with van der Waals surface area (Å²) in [4.78, 5) is 11.2. The molecule has 0 bridgehead atoms. The van der Waals surface area contributed by atoms with E-state index in [4.69, 9.17) is 9.47 Å². The maximum absolute atomic E-state index is 5.39. The third kappa shape index (κ3) is 5.06. The number of aliphatic imine (C=N–C) groups is 1. The first kappa shape index (κ1) is 19.8. The summed E-state index contributed by atoms with van der Waals surface area (Å²) in [6, 6.07) is 12.3. The van der Waals surface area contributed by atoms with Gasteiger partial charge in [0.25, 0.3) is 0 Å². The van der Waals surface area contributed by atoms with E-state index in [9.17, 15) is 0 Å². The van der Waals surface area contributed by atoms with Crippen LogP contribution in [-0.4, -0.2) is 51.3 Å². The molecule has 0 aliphatic carbocycles. The Balaban J connectivity index is 1.57. The SMILES string of the molecule is CN=C(NCc1cccc(C)n1)NC1CCN(c2cc(OC)cc(OC)c2)C1. The van der Waals surface area contributed by atoms with Gasteiger partial charge in [-0.1, -0.05) is 6.07 Å². The zero-order valence-electron chi connectivity index (χ0n) is 17.0. The molecule has 0 radical (unpaired) electrons. The number of methoxy groups -OCH3 is 2. The fraction of sp³-hybridized carbons (Fsp3) is 0.429. The maximum Gasteiger partial charge on any atom is 0.191 e. The summed E-state index contributed by atoms with van der Waals surface area (Å²) < 4.78 is 10.8. The highest BCUT2D eigenvalue weighted by atomic mass is 16.5. The first-order chi connectivity index (χ1) is 13.6. The Bertz CT molecular complexity index is 802. The normalized spacial score (nSPS) is 16.8. The fourth-order valence-electron chi connectivity index (χ4n) is 3.35. The van der Waals surface area contributed by atoms with Gasteiger partial charge < -0.3 is 25.0 Å². The van der Waals surface area contributed by atoms with Crippen molar-refractivity contribution in [1.29, 1.82) is 0 Å². The number of hydrogen-bond donors (Lipinski definition) is 2. The van der Waals surface area contributed by atoms with Crippen LogP contribution in [0.1, 0.15) is 17.8 Å². The van der Waals surface area contributed by atoms with Crippen molar-refractivity contribution < 1.29 is 9.47 Å². The predicted molar refractivity (Wildman–Crippen MR) is 112 cm³/mol. The summed E-state index contributed by atoms with van der Waals surface area (Å²) >= 11 is 0. The van der Waals surface area contributed by atoms with E-state index in [0.717, 1.165) is 54.0 Å². The number of anilines is 1. The van der Waals surface area contributed by atoms with Crippen LogP contribution < -0.4 is 25.0 Å². The number of guanidine groups is 1. The van der Waals surface area contributed by atoms with Crippen LogP contribution in [0.3, 0.4) is 0 Å². The molecule has 1 fully saturated rings. The number of pyridine rings is 1. The van der Waals surface area contributed by atoms with Crippen LogP contribution in [0.5, 0.6) is 11.5 Å². The number of nitrogens with one attached hydrogen (secondary N) is 2. The molecule has 1 saturated heterocycles. The molecule has 7 nitrogen and oxygen atoms in total. The number of benzene rings is 1. The summed E-state index contributed by atoms with van der Waals surface area (Å²) in [7, 11) is 5.13. The van der Waals surface area contributed by atoms with Gasteiger partial charge >= 0.3 is 0 Å². The molecule has 1 aromatic heterocycles. The van der Waals surface area contributed by atoms with Gasteiger partial charge in [0.15, 0.2) is 5.96 Å². The van der Waals surface area contributed by atoms with Crippen LogP contribution >= 0.6 is 0 Å². The summed E-state index contributed by atoms with van der Waals surface area (Å²) in [6.07, 6.45) is 1.03. The van der Waals surface area contributed by atoms with E-state index in [2.05, 4.69) is 25.5 Å². The van der Waals surface area contributed by atoms with E-state index in [1.165, 1.54) is 0 Å². The average Bonchev–Trinajstić information content (AvgIpc) is 3.19. The second-order valence-electron chi connectivity index (χ2n) is 6.84. The highest BCUT2D eigenvalue weighted by Crippen LogP contribution is 2.30. The molecular weight excluding hydrogens is 354 g/mol. The van der Waals surface area contributed by atoms with Crippen LogP contribution in [0.2, 0.25) is 0 Å². The maximum atomic E-state index is 5.39. The summed E-state index contributed by atoms with van der Waals surface area (Å²) in [5.41, 5.74) is 3.12. The lowest BCUT2D eigenvalue weighted by atomic mass is 10.2. The Morgan fingerprint density at radius 1 is 1.21 bits per heavy atom. The van der Waals surface area contributed by atoms with Crippen LogP contribution in [0.25, 0.3) is 0 Å². The molecule has 2 N–H and O–H groups in total. The number of aryl methyl sites for hydroxylation is 1. The number of aromatic nitrogens is 1. The molecule has 1 aliphatic rings. The number of ether oxygens (including phenoxy) is 2. The zero-order chi connectivity index (χ0) is 19.9. The van der Waals surface area contributed by atoms with Crippen LogP contribution in [-0.2, 0) is 6.54 Å². The molecular formula is C21H29N5O2. The first-order valence-corrected chi connectivity index (χ1v) is 9.49. The minimum Gasteiger partial charge on any atom is -0.497 e. The molecule has 1 atom stereocenters. The summed E-state index contributed by atoms with van der Waals surface area (Å²) in [5.74, 6) is 2.39. The van der Waals surface area contributed by atoms with E-state index in [1.807, 2.05) is 43.3 Å². The molecule has 2 heterocycles. The predicted octanol–water partition coefficient (Wildman–Crippen LogP) is 2.35. The summed E-state index contributed by atoms with van der Waals surface area (Å²) in [6.45, 7) is 4.49. The van der Waals surface area contributed by atoms with Crippen molar-refractivity contribution in [3.63, 3.8) is 0 Å². The van der Waals surface area contributed by atoms with Gasteiger partial charge in [-0.05, 0) is 25.5 Å². The molecule has 7 heteroatoms. The van der Waals surface area contributed by atoms with Gasteiger partial charge in [0.05, 0.1) is 26.5 Å². The Morgan fingerprint density at radius 3 is 2.61 bits per heavy atom. The van der Waals surface area contributed by atoms with Gasteiger partial charge in [0, 0.05) is 55.8 Å². The molecule has 0 saturated carbocycles. The Hall–Kier alpha value is -2.96. The topological polar surface area (TPSA) is 71.0 Å². The fourth-order valence-corrected chi connectivity index (χ4v) is 3.35. The minimum absolute atomic E-state index is 0.314. The molecule has 1 aromatic carbocycles. The van der Waals surface area contributed by atoms with Crippen LogP contribution in [0, 0.1) is 6.92 Å². The first-order valence-electron chi connectivity index (χ1n) is 9.49. The van der Waals surface area contributed by atoms with Crippen molar-refractivity contribution in [2.75, 3.05) is 39.3 Å². The van der Waals surface area contributed by atoms with Crippen molar-refractivity contribution in [1.82, 2.24) is 15.6 Å². The molecule has 0 spiro atoms. The lowest BCUT2D eigenvalue weighted by Crippen LogP contribution is -2.44. The Morgan fingerprint density at radius 2 is 1.96 bits per heavy atom. The highest BCUT2D eigenvalue weighted by molar-refractivity contribution is 5.80. The van der Waals surface area contributed by atoms with Crippen LogP contribution in [0.15, 0.2) is 41.4 Å². The molecule has 28 heavy (non-hydrogen) atoms. The standard InChI is InChI=1S/C21H29N5O2/c1-15-6-5-7-16(24-15)13-23-21(22-2)25-17-8-9-26(14-17)18-10-19(27-3)12-20(11-18)28-4/h5-7,10-12,17H,8-9,13-14H2,1-4H3,(H2,22,23,25). The quantitative estimate of drug-likeness (QED) is 0.589. The van der Waals surface area contributed by atoms with E-state index in [0.29, 0.717) is 12.6 Å². The molecule has 1 aliphatic heterocycles.